The van der Waals surface area contributed by atoms with Crippen molar-refractivity contribution in [3.05, 3.63) is 36.4 Å². The molecule has 7 heteroatoms. The summed E-state index contributed by atoms with van der Waals surface area (Å²) in [6, 6.07) is 11.7. The summed E-state index contributed by atoms with van der Waals surface area (Å²) in [5, 5.41) is 0.951. The number of rotatable bonds is 5. The first-order valence-electron chi connectivity index (χ1n) is 9.65. The summed E-state index contributed by atoms with van der Waals surface area (Å²) < 4.78 is 16.8. The number of piperazine rings is 1. The van der Waals surface area contributed by atoms with Gasteiger partial charge in [0.1, 0.15) is 17.2 Å². The lowest BCUT2D eigenvalue weighted by Gasteiger charge is -2.32. The quantitative estimate of drug-likeness (QED) is 0.659. The summed E-state index contributed by atoms with van der Waals surface area (Å²) in [5.74, 6) is 2.69. The van der Waals surface area contributed by atoms with E-state index in [9.17, 15) is 0 Å². The van der Waals surface area contributed by atoms with Crippen molar-refractivity contribution in [3.63, 3.8) is 0 Å². The number of anilines is 1. The molecule has 0 radical (unpaired) electrons. The molecule has 1 aromatic heterocycles. The van der Waals surface area contributed by atoms with Crippen molar-refractivity contribution in [2.24, 2.45) is 0 Å². The highest BCUT2D eigenvalue weighted by atomic mass is 16.5. The largest absolute Gasteiger partial charge is 0.496 e. The minimum absolute atomic E-state index is 0.648. The molecule has 29 heavy (non-hydrogen) atoms. The van der Waals surface area contributed by atoms with Crippen LogP contribution in [0.25, 0.3) is 22.2 Å². The number of para-hydroxylation sites is 1. The Labute approximate surface area is 170 Å². The van der Waals surface area contributed by atoms with Crippen LogP contribution in [0.4, 0.5) is 5.95 Å². The molecule has 0 atom stereocenters. The molecule has 2 heterocycles. The predicted octanol–water partition coefficient (Wildman–Crippen LogP) is 3.07. The molecular formula is C22H26N4O3. The second kappa shape index (κ2) is 8.13. The topological polar surface area (TPSA) is 60.0 Å². The van der Waals surface area contributed by atoms with Crippen molar-refractivity contribution in [3.8, 4) is 28.5 Å². The number of methoxy groups -OCH3 is 3. The van der Waals surface area contributed by atoms with Gasteiger partial charge in [-0.1, -0.05) is 18.2 Å². The number of benzene rings is 2. The van der Waals surface area contributed by atoms with Gasteiger partial charge in [0.25, 0.3) is 0 Å². The highest BCUT2D eigenvalue weighted by Gasteiger charge is 2.23. The fourth-order valence-corrected chi connectivity index (χ4v) is 3.64. The Morgan fingerprint density at radius 3 is 2.10 bits per heavy atom. The first-order chi connectivity index (χ1) is 14.1. The first kappa shape index (κ1) is 19.3. The standard InChI is InChI=1S/C22H26N4O3/c1-25-9-11-26(12-10-25)22-23-17-8-6-5-7-16(17)21(24-22)20-18(28-3)13-15(27-2)14-19(20)29-4/h5-8,13-14H,9-12H2,1-4H3. The van der Waals surface area contributed by atoms with Gasteiger partial charge >= 0.3 is 0 Å². The summed E-state index contributed by atoms with van der Waals surface area (Å²) in [7, 11) is 7.04. The second-order valence-corrected chi connectivity index (χ2v) is 7.09. The zero-order valence-electron chi connectivity index (χ0n) is 17.3. The molecule has 152 valence electrons. The number of fused-ring (bicyclic) bond motifs is 1. The molecule has 1 saturated heterocycles. The zero-order chi connectivity index (χ0) is 20.4. The maximum absolute atomic E-state index is 5.69. The van der Waals surface area contributed by atoms with Crippen LogP contribution in [-0.2, 0) is 0 Å². The molecule has 1 aliphatic rings. The molecule has 0 unspecified atom stereocenters. The molecule has 0 amide bonds. The Morgan fingerprint density at radius 2 is 1.48 bits per heavy atom. The monoisotopic (exact) mass is 394 g/mol. The van der Waals surface area contributed by atoms with Crippen molar-refractivity contribution >= 4 is 16.9 Å². The van der Waals surface area contributed by atoms with Gasteiger partial charge in [-0.3, -0.25) is 0 Å². The normalized spacial score (nSPS) is 14.8. The Kier molecular flexibility index (Phi) is 5.40. The van der Waals surface area contributed by atoms with Gasteiger partial charge < -0.3 is 24.0 Å². The number of nitrogens with zero attached hydrogens (tertiary/aromatic N) is 4. The zero-order valence-corrected chi connectivity index (χ0v) is 17.3. The molecule has 0 bridgehead atoms. The summed E-state index contributed by atoms with van der Waals surface area (Å²) in [6.07, 6.45) is 0. The minimum atomic E-state index is 0.648. The van der Waals surface area contributed by atoms with Gasteiger partial charge in [-0.15, -0.1) is 0 Å². The maximum atomic E-state index is 5.69. The van der Waals surface area contributed by atoms with Gasteiger partial charge in [0.2, 0.25) is 5.95 Å². The van der Waals surface area contributed by atoms with E-state index in [1.807, 2.05) is 36.4 Å². The van der Waals surface area contributed by atoms with Crippen LogP contribution in [0.15, 0.2) is 36.4 Å². The van der Waals surface area contributed by atoms with Crippen LogP contribution in [0.1, 0.15) is 0 Å². The fraction of sp³-hybridized carbons (Fsp3) is 0.364. The lowest BCUT2D eigenvalue weighted by molar-refractivity contribution is 0.311. The van der Waals surface area contributed by atoms with E-state index in [1.165, 1.54) is 0 Å². The van der Waals surface area contributed by atoms with Crippen LogP contribution < -0.4 is 19.1 Å². The lowest BCUT2D eigenvalue weighted by Crippen LogP contribution is -2.45. The SMILES string of the molecule is COc1cc(OC)c(-c2nc(N3CCN(C)CC3)nc3ccccc23)c(OC)c1. The third-order valence-electron chi connectivity index (χ3n) is 5.33. The summed E-state index contributed by atoms with van der Waals surface area (Å²) in [4.78, 5) is 14.4. The molecule has 4 rings (SSSR count). The molecule has 1 fully saturated rings. The van der Waals surface area contributed by atoms with Crippen LogP contribution in [0.5, 0.6) is 17.2 Å². The average molecular weight is 394 g/mol. The van der Waals surface area contributed by atoms with Crippen LogP contribution in [-0.4, -0.2) is 69.4 Å². The minimum Gasteiger partial charge on any atom is -0.496 e. The number of ether oxygens (including phenoxy) is 3. The van der Waals surface area contributed by atoms with E-state index in [1.54, 1.807) is 21.3 Å². The highest BCUT2D eigenvalue weighted by molar-refractivity contribution is 5.96. The Morgan fingerprint density at radius 1 is 0.828 bits per heavy atom. The molecule has 3 aromatic rings. The Balaban J connectivity index is 1.94. The Bertz CT molecular complexity index is 991. The van der Waals surface area contributed by atoms with Crippen LogP contribution in [0.3, 0.4) is 0 Å². The summed E-state index contributed by atoms with van der Waals surface area (Å²) in [5.41, 5.74) is 2.48. The molecule has 1 aliphatic heterocycles. The molecular weight excluding hydrogens is 368 g/mol. The average Bonchev–Trinajstić information content (AvgIpc) is 2.77. The van der Waals surface area contributed by atoms with Crippen molar-refractivity contribution in [2.45, 2.75) is 0 Å². The number of aromatic nitrogens is 2. The third-order valence-corrected chi connectivity index (χ3v) is 5.33. The molecule has 7 nitrogen and oxygen atoms in total. The van der Waals surface area contributed by atoms with Crippen molar-refractivity contribution in [2.75, 3.05) is 59.5 Å². The smallest absolute Gasteiger partial charge is 0.226 e. The van der Waals surface area contributed by atoms with Gasteiger partial charge in [0.05, 0.1) is 38.1 Å². The maximum Gasteiger partial charge on any atom is 0.226 e. The van der Waals surface area contributed by atoms with E-state index in [0.717, 1.165) is 54.3 Å². The summed E-state index contributed by atoms with van der Waals surface area (Å²) in [6.45, 7) is 3.76. The number of hydrogen-bond acceptors (Lipinski definition) is 7. The van der Waals surface area contributed by atoms with E-state index in [2.05, 4.69) is 16.8 Å². The van der Waals surface area contributed by atoms with E-state index < -0.39 is 0 Å². The number of hydrogen-bond donors (Lipinski definition) is 0. The molecule has 0 N–H and O–H groups in total. The third kappa shape index (κ3) is 3.65. The van der Waals surface area contributed by atoms with Gasteiger partial charge in [0, 0.05) is 43.7 Å². The van der Waals surface area contributed by atoms with Crippen LogP contribution >= 0.6 is 0 Å². The van der Waals surface area contributed by atoms with Gasteiger partial charge in [-0.05, 0) is 13.1 Å². The van der Waals surface area contributed by atoms with Crippen molar-refractivity contribution in [1.29, 1.82) is 0 Å². The van der Waals surface area contributed by atoms with Gasteiger partial charge in [-0.25, -0.2) is 9.97 Å². The molecule has 2 aromatic carbocycles. The molecule has 0 spiro atoms. The second-order valence-electron chi connectivity index (χ2n) is 7.09. The van der Waals surface area contributed by atoms with Gasteiger partial charge in [0.15, 0.2) is 0 Å². The first-order valence-corrected chi connectivity index (χ1v) is 9.65. The summed E-state index contributed by atoms with van der Waals surface area (Å²) >= 11 is 0. The van der Waals surface area contributed by atoms with Gasteiger partial charge in [-0.2, -0.15) is 0 Å². The van der Waals surface area contributed by atoms with E-state index >= 15 is 0 Å². The van der Waals surface area contributed by atoms with Crippen LogP contribution in [0.2, 0.25) is 0 Å². The number of likely N-dealkylation sites (N-methyl/N-ethyl adjacent to an activating group) is 1. The Hall–Kier alpha value is -3.06. The highest BCUT2D eigenvalue weighted by Crippen LogP contribution is 2.43. The van der Waals surface area contributed by atoms with E-state index in [0.29, 0.717) is 17.2 Å². The molecule has 0 saturated carbocycles. The van der Waals surface area contributed by atoms with Crippen molar-refractivity contribution < 1.29 is 14.2 Å². The van der Waals surface area contributed by atoms with Crippen LogP contribution in [0, 0.1) is 0 Å². The predicted molar refractivity (Wildman–Crippen MR) is 114 cm³/mol. The van der Waals surface area contributed by atoms with Crippen molar-refractivity contribution in [1.82, 2.24) is 14.9 Å². The fourth-order valence-electron chi connectivity index (χ4n) is 3.64. The van der Waals surface area contributed by atoms with E-state index in [-0.39, 0.29) is 0 Å². The lowest BCUT2D eigenvalue weighted by atomic mass is 10.0. The van der Waals surface area contributed by atoms with E-state index in [4.69, 9.17) is 24.2 Å². The molecule has 0 aliphatic carbocycles.